The molecule has 7 heterocycles. The third-order valence-electron chi connectivity index (χ3n) is 13.5. The average molecular weight is 1520 g/mol. The van der Waals surface area contributed by atoms with Gasteiger partial charge in [-0.25, -0.2) is 13.2 Å². The zero-order valence-electron chi connectivity index (χ0n) is 52.4. The molecule has 7 aromatic heterocycles. The van der Waals surface area contributed by atoms with E-state index in [2.05, 4.69) is 76.3 Å². The molecule has 0 saturated carbocycles. The molecule has 528 valence electrons. The maximum absolute atomic E-state index is 13.7. The molecule has 12 N–H and O–H groups in total. The highest BCUT2D eigenvalue weighted by Gasteiger charge is 2.23. The molecule has 5 aromatic carbocycles. The molecule has 0 radical (unpaired) electrons. The Labute approximate surface area is 608 Å². The molecule has 36 nitrogen and oxygen atoms in total. The second-order valence-corrected chi connectivity index (χ2v) is 22.5. The summed E-state index contributed by atoms with van der Waals surface area (Å²) in [7, 11) is 0. The lowest BCUT2D eigenvalue weighted by Gasteiger charge is -2.00. The fourth-order valence-electron chi connectivity index (χ4n) is 8.66. The highest BCUT2D eigenvalue weighted by Crippen LogP contribution is 2.34. The molecule has 12 aromatic rings. The lowest BCUT2D eigenvalue weighted by Crippen LogP contribution is -2.29. The van der Waals surface area contributed by atoms with Crippen LogP contribution in [-0.4, -0.2) is 89.3 Å². The van der Waals surface area contributed by atoms with Gasteiger partial charge in [0.05, 0.1) is 67.4 Å². The number of non-ortho nitro benzene ring substituents is 3. The molecule has 0 aliphatic rings. The number of hydrogen-bond donors (Lipinski definition) is 8. The summed E-state index contributed by atoms with van der Waals surface area (Å²) in [6.07, 6.45) is 8.20. The number of nitro groups is 3. The molecule has 12 rings (SSSR count). The Morgan fingerprint density at radius 2 is 0.733 bits per heavy atom. The Morgan fingerprint density at radius 3 is 1.07 bits per heavy atom. The molecule has 0 fully saturated rings. The molecule has 0 bridgehead atoms. The Hall–Kier alpha value is -14.2. The van der Waals surface area contributed by atoms with Crippen molar-refractivity contribution < 1.29 is 27.9 Å². The van der Waals surface area contributed by atoms with E-state index in [4.69, 9.17) is 83.4 Å². The molecule has 0 saturated heterocycles. The minimum absolute atomic E-state index is 0.0123. The van der Waals surface area contributed by atoms with E-state index in [-0.39, 0.29) is 88.7 Å². The third kappa shape index (κ3) is 18.6. The standard InChI is InChI=1S/C16H11FN6O3S.C15H10ClN7O3S.C15H10FN7O3S.C15H11FN6OS/c17-11-3-1-2-4-12(11)19-20-14-13(21-22(15(14)24)16(18)27)9-5-7-10(8-6-9)23(25)26;2*16-9-5-10(7-18-6-9)19-20-13-12(21-22(14(13)24)15(17)27)8-1-3-11(4-2-8)23(25)26;16-10-5-3-9(4-6-10)12-13(14(23)22(21-12)15(17)24)20-19-11-2-1-7-18-8-11/h1-8,21H,(H2,18,27);2*1-7,21H,(H2,17,27);1-8,21H,(H2,17,24). The number of nitrogens with one attached hydrogen (secondary N) is 4. The molecule has 105 heavy (non-hydrogen) atoms. The molecule has 0 unspecified atom stereocenters. The van der Waals surface area contributed by atoms with Crippen LogP contribution in [0.3, 0.4) is 0 Å². The SMILES string of the molecule is NC(=S)n1[nH]c(-c2ccc(F)cc2)c(N=Nc2cccnc2)c1=O.NC(=S)n1[nH]c(-c2ccc([N+](=O)[O-])cc2)c(N=Nc2ccccc2F)c1=O.NC(=S)n1[nH]c(-c2ccc([N+](=O)[O-])cc2)c(N=Nc2cncc(Cl)c2)c1=O.NC(=S)n1[nH]c(-c2ccc([N+](=O)[O-])cc2)c(N=Nc2cncc(F)c2)c1=O. The summed E-state index contributed by atoms with van der Waals surface area (Å²) in [4.78, 5) is 92.1. The van der Waals surface area contributed by atoms with Crippen LogP contribution in [0.1, 0.15) is 0 Å². The number of H-pyrrole nitrogens is 4. The van der Waals surface area contributed by atoms with Gasteiger partial charge in [-0.15, -0.1) is 40.9 Å². The number of aromatic nitrogens is 11. The van der Waals surface area contributed by atoms with Crippen LogP contribution in [-0.2, 0) is 0 Å². The van der Waals surface area contributed by atoms with Crippen LogP contribution in [0.4, 0.5) is 75.7 Å². The molecule has 44 heteroatoms. The van der Waals surface area contributed by atoms with E-state index < -0.39 is 54.5 Å². The minimum atomic E-state index is -0.684. The number of benzene rings is 5. The zero-order chi connectivity index (χ0) is 75.8. The van der Waals surface area contributed by atoms with Crippen LogP contribution in [0.2, 0.25) is 5.02 Å². The van der Waals surface area contributed by atoms with E-state index in [1.165, 1.54) is 146 Å². The number of thiocarbonyl (C=S) groups is 4. The second kappa shape index (κ2) is 33.8. The Bertz CT molecular complexity index is 5550. The molecule has 0 spiro atoms. The average Bonchev–Trinajstić information content (AvgIpc) is 1.68. The summed E-state index contributed by atoms with van der Waals surface area (Å²) >= 11 is 25.2. The van der Waals surface area contributed by atoms with E-state index in [9.17, 15) is 62.7 Å². The van der Waals surface area contributed by atoms with Crippen molar-refractivity contribution in [3.05, 3.63) is 277 Å². The number of hydrogen-bond acceptors (Lipinski definition) is 25. The monoisotopic (exact) mass is 1520 g/mol. The lowest BCUT2D eigenvalue weighted by atomic mass is 10.1. The van der Waals surface area contributed by atoms with Crippen molar-refractivity contribution in [2.45, 2.75) is 0 Å². The fourth-order valence-corrected chi connectivity index (χ4v) is 9.34. The van der Waals surface area contributed by atoms with E-state index in [0.717, 1.165) is 31.0 Å². The fraction of sp³-hybridized carbons (Fsp3) is 0. The normalized spacial score (nSPS) is 11.0. The van der Waals surface area contributed by atoms with Crippen molar-refractivity contribution in [1.29, 1.82) is 0 Å². The highest BCUT2D eigenvalue weighted by molar-refractivity contribution is 7.80. The van der Waals surface area contributed by atoms with Crippen LogP contribution in [0.25, 0.3) is 45.0 Å². The highest BCUT2D eigenvalue weighted by atomic mass is 35.5. The van der Waals surface area contributed by atoms with Gasteiger partial charge in [0.2, 0.25) is 0 Å². The topological polar surface area (TPSA) is 522 Å². The first kappa shape index (κ1) is 75.0. The van der Waals surface area contributed by atoms with Crippen molar-refractivity contribution in [3.8, 4) is 45.0 Å². The number of aromatic amines is 4. The van der Waals surface area contributed by atoms with Crippen molar-refractivity contribution in [1.82, 2.24) is 54.1 Å². The van der Waals surface area contributed by atoms with E-state index in [1.807, 2.05) is 0 Å². The van der Waals surface area contributed by atoms with E-state index >= 15 is 0 Å². The first-order chi connectivity index (χ1) is 50.2. The molecule has 0 aliphatic heterocycles. The van der Waals surface area contributed by atoms with Crippen LogP contribution in [0.5, 0.6) is 0 Å². The Morgan fingerprint density at radius 1 is 0.400 bits per heavy atom. The van der Waals surface area contributed by atoms with Gasteiger partial charge in [-0.2, -0.15) is 18.7 Å². The van der Waals surface area contributed by atoms with Gasteiger partial charge in [0.15, 0.2) is 49.0 Å². The number of pyridine rings is 3. The predicted octanol–water partition coefficient (Wildman–Crippen LogP) is 12.4. The maximum atomic E-state index is 13.7. The largest absolute Gasteiger partial charge is 0.374 e. The summed E-state index contributed by atoms with van der Waals surface area (Å²) < 4.78 is 43.7. The lowest BCUT2D eigenvalue weighted by molar-refractivity contribution is -0.385. The van der Waals surface area contributed by atoms with Crippen molar-refractivity contribution >= 4 is 143 Å². The van der Waals surface area contributed by atoms with Crippen LogP contribution in [0, 0.1) is 47.8 Å². The first-order valence-electron chi connectivity index (χ1n) is 28.8. The third-order valence-corrected chi connectivity index (χ3v) is 14.4. The van der Waals surface area contributed by atoms with Gasteiger partial charge in [0.1, 0.15) is 34.4 Å². The second-order valence-electron chi connectivity index (χ2n) is 20.4. The number of nitrogens with two attached hydrogens (primary N) is 4. The zero-order valence-corrected chi connectivity index (χ0v) is 56.4. The number of rotatable bonds is 15. The van der Waals surface area contributed by atoms with Crippen molar-refractivity contribution in [3.63, 3.8) is 0 Å². The molecule has 0 aliphatic carbocycles. The summed E-state index contributed by atoms with van der Waals surface area (Å²) in [5.74, 6) is -1.62. The van der Waals surface area contributed by atoms with Crippen molar-refractivity contribution in [2.75, 3.05) is 0 Å². The molecular formula is C61H42ClF3N26O10S4. The summed E-state index contributed by atoms with van der Waals surface area (Å²) in [5.41, 5.74) is 22.5. The Balaban J connectivity index is 0.000000162. The number of azo groups is 4. The molecular weight excluding hydrogens is 1480 g/mol. The number of halogens is 4. The van der Waals surface area contributed by atoms with Crippen LogP contribution in [0.15, 0.2) is 243 Å². The van der Waals surface area contributed by atoms with E-state index in [0.29, 0.717) is 44.3 Å². The summed E-state index contributed by atoms with van der Waals surface area (Å²) in [6, 6.07) is 33.5. The summed E-state index contributed by atoms with van der Waals surface area (Å²) in [6.45, 7) is 0. The van der Waals surface area contributed by atoms with Gasteiger partial charge in [-0.3, -0.25) is 84.9 Å². The Kier molecular flexibility index (Phi) is 24.2. The van der Waals surface area contributed by atoms with Gasteiger partial charge in [-0.05, 0) is 140 Å². The van der Waals surface area contributed by atoms with Gasteiger partial charge in [0.25, 0.3) is 17.1 Å². The van der Waals surface area contributed by atoms with Crippen LogP contribution >= 0.6 is 60.5 Å². The van der Waals surface area contributed by atoms with Gasteiger partial charge < -0.3 is 22.9 Å². The molecule has 0 atom stereocenters. The molecule has 0 amide bonds. The predicted molar refractivity (Wildman–Crippen MR) is 391 cm³/mol. The van der Waals surface area contributed by atoms with Gasteiger partial charge in [-0.1, -0.05) is 23.7 Å². The van der Waals surface area contributed by atoms with E-state index in [1.54, 1.807) is 24.4 Å². The first-order valence-corrected chi connectivity index (χ1v) is 30.8. The van der Waals surface area contributed by atoms with Gasteiger partial charge >= 0.3 is 22.2 Å². The number of nitrogens with zero attached hydrogens (tertiary/aromatic N) is 18. The maximum Gasteiger partial charge on any atom is 0.301 e. The van der Waals surface area contributed by atoms with Gasteiger partial charge in [0, 0.05) is 77.1 Å². The summed E-state index contributed by atoms with van der Waals surface area (Å²) in [5, 5.41) is 73.9. The minimum Gasteiger partial charge on any atom is -0.374 e. The smallest absolute Gasteiger partial charge is 0.301 e. The van der Waals surface area contributed by atoms with Crippen LogP contribution < -0.4 is 45.2 Å². The number of nitro benzene ring substituents is 3. The quantitative estimate of drug-likeness (QED) is 0.0204. The van der Waals surface area contributed by atoms with Crippen molar-refractivity contribution in [2.24, 2.45) is 63.8 Å².